The lowest BCUT2D eigenvalue weighted by molar-refractivity contribution is -0.159. The maximum absolute atomic E-state index is 13.4. The van der Waals surface area contributed by atoms with Crippen molar-refractivity contribution < 1.29 is 28.7 Å². The van der Waals surface area contributed by atoms with E-state index in [0.717, 1.165) is 6.42 Å². The third-order valence-corrected chi connectivity index (χ3v) is 7.73. The molecule has 1 heterocycles. The van der Waals surface area contributed by atoms with E-state index in [1.165, 1.54) is 12.0 Å². The third-order valence-electron chi connectivity index (χ3n) is 7.73. The number of hydrogen-bond donors (Lipinski definition) is 0. The van der Waals surface area contributed by atoms with Crippen molar-refractivity contribution in [3.63, 3.8) is 0 Å². The van der Waals surface area contributed by atoms with Crippen LogP contribution in [0.1, 0.15) is 37.0 Å². The number of Topliss-reactive ketones (excluding diaryl/α,β-unsaturated/α-hetero) is 1. The molecule has 5 aliphatic rings. The normalized spacial score (nSPS) is 31.9. The van der Waals surface area contributed by atoms with Crippen LogP contribution in [0, 0.1) is 41.4 Å². The van der Waals surface area contributed by atoms with Gasteiger partial charge in [-0.15, -0.1) is 0 Å². The summed E-state index contributed by atoms with van der Waals surface area (Å²) in [7, 11) is 1.54. The van der Waals surface area contributed by atoms with E-state index in [0.29, 0.717) is 29.6 Å². The van der Waals surface area contributed by atoms with Crippen LogP contribution in [0.3, 0.4) is 0 Å². The molecule has 0 unspecified atom stereocenters. The summed E-state index contributed by atoms with van der Waals surface area (Å²) in [6.45, 7) is 3.42. The minimum absolute atomic E-state index is 0.0614. The number of carbonyl (C=O) groups is 4. The third kappa shape index (κ3) is 3.58. The van der Waals surface area contributed by atoms with Crippen LogP contribution in [0.4, 0.5) is 0 Å². The maximum atomic E-state index is 13.4. The molecule has 0 N–H and O–H groups in total. The van der Waals surface area contributed by atoms with Gasteiger partial charge in [0, 0.05) is 5.56 Å². The summed E-state index contributed by atoms with van der Waals surface area (Å²) in [5.74, 6) is -0.415. The quantitative estimate of drug-likeness (QED) is 0.261. The molecule has 7 nitrogen and oxygen atoms in total. The number of allylic oxidation sites excluding steroid dienone is 2. The summed E-state index contributed by atoms with van der Waals surface area (Å²) in [5, 5.41) is 0. The molecule has 1 saturated heterocycles. The first-order valence-corrected chi connectivity index (χ1v) is 11.7. The van der Waals surface area contributed by atoms with E-state index in [1.807, 2.05) is 13.8 Å². The minimum atomic E-state index is -1.00. The van der Waals surface area contributed by atoms with E-state index in [9.17, 15) is 19.2 Å². The first kappa shape index (κ1) is 21.9. The number of hydrogen-bond acceptors (Lipinski definition) is 6. The Morgan fingerprint density at radius 2 is 1.58 bits per heavy atom. The van der Waals surface area contributed by atoms with Gasteiger partial charge in [0.05, 0.1) is 18.9 Å². The predicted octanol–water partition coefficient (Wildman–Crippen LogP) is 2.89. The predicted molar refractivity (Wildman–Crippen MR) is 118 cm³/mol. The molecule has 1 aromatic rings. The smallest absolute Gasteiger partial charge is 0.329 e. The van der Waals surface area contributed by atoms with Gasteiger partial charge in [-0.05, 0) is 66.7 Å². The van der Waals surface area contributed by atoms with Gasteiger partial charge >= 0.3 is 5.97 Å². The molecule has 3 fully saturated rings. The Morgan fingerprint density at radius 1 is 1.00 bits per heavy atom. The van der Waals surface area contributed by atoms with Crippen molar-refractivity contribution in [3.05, 3.63) is 42.0 Å². The molecular weight excluding hydrogens is 422 g/mol. The van der Waals surface area contributed by atoms with Gasteiger partial charge in [-0.25, -0.2) is 4.79 Å². The fourth-order valence-electron chi connectivity index (χ4n) is 6.13. The van der Waals surface area contributed by atoms with E-state index in [4.69, 9.17) is 9.47 Å². The number of ether oxygens (including phenoxy) is 2. The van der Waals surface area contributed by atoms with Gasteiger partial charge in [-0.3, -0.25) is 19.3 Å². The second kappa shape index (κ2) is 8.12. The van der Waals surface area contributed by atoms with Crippen LogP contribution in [-0.2, 0) is 19.1 Å². The standard InChI is InChI=1S/C26H29NO6/c1-13(2)10-20(26(31)33-12-21(28)14-4-6-15(32-3)7-5-14)27-24(29)22-16-8-9-17(19-11-18(16)19)23(22)25(27)30/h4-9,13,16-20,22-23H,10-12H2,1-3H3/t16-,17-,18-,19-,20+,22-,23-/m1/s1. The Bertz CT molecular complexity index is 992. The monoisotopic (exact) mass is 451 g/mol. The molecule has 2 amide bonds. The van der Waals surface area contributed by atoms with Gasteiger partial charge in [-0.2, -0.15) is 0 Å². The zero-order chi connectivity index (χ0) is 23.4. The molecule has 0 aromatic heterocycles. The molecular formula is C26H29NO6. The number of rotatable bonds is 8. The molecule has 4 aliphatic carbocycles. The minimum Gasteiger partial charge on any atom is -0.497 e. The number of amides is 2. The zero-order valence-corrected chi connectivity index (χ0v) is 19.1. The van der Waals surface area contributed by atoms with E-state index in [1.54, 1.807) is 24.3 Å². The van der Waals surface area contributed by atoms with Gasteiger partial charge in [-0.1, -0.05) is 26.0 Å². The number of imide groups is 1. The van der Waals surface area contributed by atoms with Crippen molar-refractivity contribution in [1.29, 1.82) is 0 Å². The molecule has 0 radical (unpaired) electrons. The molecule has 1 aliphatic heterocycles. The van der Waals surface area contributed by atoms with Crippen molar-refractivity contribution in [2.75, 3.05) is 13.7 Å². The lowest BCUT2D eigenvalue weighted by atomic mass is 9.63. The fraction of sp³-hybridized carbons (Fsp3) is 0.538. The van der Waals surface area contributed by atoms with Gasteiger partial charge in [0.15, 0.2) is 12.4 Å². The lowest BCUT2D eigenvalue weighted by Gasteiger charge is -2.37. The van der Waals surface area contributed by atoms with Gasteiger partial charge in [0.1, 0.15) is 11.8 Å². The van der Waals surface area contributed by atoms with Gasteiger partial charge in [0.25, 0.3) is 0 Å². The fourth-order valence-corrected chi connectivity index (χ4v) is 6.13. The Labute approximate surface area is 193 Å². The first-order valence-electron chi connectivity index (χ1n) is 11.7. The Balaban J connectivity index is 1.31. The Kier molecular flexibility index (Phi) is 5.38. The highest BCUT2D eigenvalue weighted by Crippen LogP contribution is 2.65. The first-order chi connectivity index (χ1) is 15.8. The Morgan fingerprint density at radius 3 is 2.09 bits per heavy atom. The highest BCUT2D eigenvalue weighted by Gasteiger charge is 2.68. The summed E-state index contributed by atoms with van der Waals surface area (Å²) in [5.41, 5.74) is 0.394. The van der Waals surface area contributed by atoms with Crippen molar-refractivity contribution in [1.82, 2.24) is 4.90 Å². The lowest BCUT2D eigenvalue weighted by Crippen LogP contribution is -2.47. The summed E-state index contributed by atoms with van der Waals surface area (Å²) in [4.78, 5) is 53.7. The molecule has 2 bridgehead atoms. The van der Waals surface area contributed by atoms with Crippen LogP contribution < -0.4 is 4.74 Å². The summed E-state index contributed by atoms with van der Waals surface area (Å²) < 4.78 is 10.4. The van der Waals surface area contributed by atoms with Gasteiger partial charge in [0.2, 0.25) is 11.8 Å². The number of esters is 1. The van der Waals surface area contributed by atoms with Crippen LogP contribution in [0.25, 0.3) is 0 Å². The molecule has 7 atom stereocenters. The van der Waals surface area contributed by atoms with Crippen LogP contribution in [-0.4, -0.2) is 48.2 Å². The highest BCUT2D eigenvalue weighted by atomic mass is 16.5. The number of nitrogens with zero attached hydrogens (tertiary/aromatic N) is 1. The van der Waals surface area contributed by atoms with Crippen LogP contribution in [0.5, 0.6) is 5.75 Å². The second-order valence-electron chi connectivity index (χ2n) is 10.1. The molecule has 6 rings (SSSR count). The zero-order valence-electron chi connectivity index (χ0n) is 19.1. The molecule has 2 saturated carbocycles. The van der Waals surface area contributed by atoms with Crippen molar-refractivity contribution in [3.8, 4) is 5.75 Å². The summed E-state index contributed by atoms with van der Waals surface area (Å²) in [6, 6.07) is 5.52. The van der Waals surface area contributed by atoms with E-state index < -0.39 is 18.6 Å². The van der Waals surface area contributed by atoms with Gasteiger partial charge < -0.3 is 9.47 Å². The number of carbonyl (C=O) groups excluding carboxylic acids is 4. The summed E-state index contributed by atoms with van der Waals surface area (Å²) >= 11 is 0. The van der Waals surface area contributed by atoms with E-state index in [-0.39, 0.29) is 47.2 Å². The SMILES string of the molecule is COc1ccc(C(=O)COC(=O)[C@H](CC(C)C)N2C(=O)[C@@H]3[C@@H]4C=C[C@H]([C@H]5C[C@H]45)[C@H]3C2=O)cc1. The second-order valence-corrected chi connectivity index (χ2v) is 10.1. The van der Waals surface area contributed by atoms with E-state index >= 15 is 0 Å². The molecule has 174 valence electrons. The average Bonchev–Trinajstić information content (AvgIpc) is 3.59. The molecule has 33 heavy (non-hydrogen) atoms. The Hall–Kier alpha value is -2.96. The number of likely N-dealkylation sites (tertiary alicyclic amines) is 1. The van der Waals surface area contributed by atoms with Crippen LogP contribution in [0.15, 0.2) is 36.4 Å². The summed E-state index contributed by atoms with van der Waals surface area (Å²) in [6.07, 6.45) is 5.61. The highest BCUT2D eigenvalue weighted by molar-refractivity contribution is 6.09. The molecule has 0 spiro atoms. The average molecular weight is 452 g/mol. The maximum Gasteiger partial charge on any atom is 0.329 e. The van der Waals surface area contributed by atoms with Crippen molar-refractivity contribution in [2.45, 2.75) is 32.7 Å². The van der Waals surface area contributed by atoms with Crippen LogP contribution >= 0.6 is 0 Å². The number of benzene rings is 1. The van der Waals surface area contributed by atoms with Crippen molar-refractivity contribution in [2.24, 2.45) is 41.4 Å². The molecule has 7 heteroatoms. The number of methoxy groups -OCH3 is 1. The van der Waals surface area contributed by atoms with Crippen molar-refractivity contribution >= 4 is 23.6 Å². The van der Waals surface area contributed by atoms with E-state index in [2.05, 4.69) is 12.2 Å². The number of ketones is 1. The molecule has 1 aromatic carbocycles. The van der Waals surface area contributed by atoms with Crippen LogP contribution in [0.2, 0.25) is 0 Å². The topological polar surface area (TPSA) is 90.0 Å². The largest absolute Gasteiger partial charge is 0.497 e.